The molecule has 0 spiro atoms. The van der Waals surface area contributed by atoms with Gasteiger partial charge in [0, 0.05) is 32.0 Å². The molecule has 38 heavy (non-hydrogen) atoms. The van der Waals surface area contributed by atoms with Gasteiger partial charge in [0.05, 0.1) is 6.42 Å². The highest BCUT2D eigenvalue weighted by Gasteiger charge is 2.32. The Morgan fingerprint density at radius 1 is 0.842 bits per heavy atom. The molecule has 5 nitrogen and oxygen atoms in total. The fourth-order valence-electron chi connectivity index (χ4n) is 4.37. The molecule has 0 aliphatic heterocycles. The predicted octanol–water partition coefficient (Wildman–Crippen LogP) is 6.15. The van der Waals surface area contributed by atoms with E-state index in [1.165, 1.54) is 12.1 Å². The minimum atomic E-state index is -1.05. The Labute approximate surface area is 223 Å². The van der Waals surface area contributed by atoms with Gasteiger partial charge in [-0.25, -0.2) is 4.39 Å². The molecule has 0 saturated carbocycles. The van der Waals surface area contributed by atoms with Crippen molar-refractivity contribution >= 4 is 23.2 Å². The average molecular weight is 510 g/mol. The van der Waals surface area contributed by atoms with Gasteiger partial charge in [0.1, 0.15) is 11.9 Å². The van der Waals surface area contributed by atoms with Crippen molar-refractivity contribution < 1.29 is 14.0 Å². The van der Waals surface area contributed by atoms with Crippen LogP contribution in [-0.2, 0) is 22.6 Å². The van der Waals surface area contributed by atoms with Crippen molar-refractivity contribution in [3.63, 3.8) is 0 Å². The molecule has 0 saturated heterocycles. The number of benzene rings is 4. The highest BCUT2D eigenvalue weighted by Crippen LogP contribution is 2.28. The Bertz CT molecular complexity index is 1390. The van der Waals surface area contributed by atoms with Crippen molar-refractivity contribution in [2.24, 2.45) is 0 Å². The normalized spacial score (nSPS) is 11.5. The first-order valence-electron chi connectivity index (χ1n) is 12.5. The van der Waals surface area contributed by atoms with E-state index in [0.29, 0.717) is 11.3 Å². The minimum absolute atomic E-state index is 0.114. The molecule has 194 valence electrons. The Morgan fingerprint density at radius 2 is 1.53 bits per heavy atom. The quantitative estimate of drug-likeness (QED) is 0.294. The number of anilines is 2. The molecule has 0 heterocycles. The highest BCUT2D eigenvalue weighted by molar-refractivity contribution is 5.98. The van der Waals surface area contributed by atoms with Gasteiger partial charge in [0.15, 0.2) is 0 Å². The van der Waals surface area contributed by atoms with E-state index >= 15 is 0 Å². The van der Waals surface area contributed by atoms with E-state index in [1.54, 1.807) is 17.0 Å². The molecule has 4 aromatic rings. The van der Waals surface area contributed by atoms with Gasteiger partial charge in [0.25, 0.3) is 5.91 Å². The van der Waals surface area contributed by atoms with Crippen LogP contribution in [0.5, 0.6) is 0 Å². The lowest BCUT2D eigenvalue weighted by Gasteiger charge is -2.32. The minimum Gasteiger partial charge on any atom is -0.378 e. The van der Waals surface area contributed by atoms with Gasteiger partial charge < -0.3 is 15.1 Å². The number of nitrogens with one attached hydrogen (secondary N) is 1. The second kappa shape index (κ2) is 12.2. The lowest BCUT2D eigenvalue weighted by Crippen LogP contribution is -2.41. The Morgan fingerprint density at radius 3 is 2.18 bits per heavy atom. The summed E-state index contributed by atoms with van der Waals surface area (Å²) in [5, 5.41) is 2.95. The van der Waals surface area contributed by atoms with Crippen LogP contribution < -0.4 is 10.2 Å². The molecule has 1 N–H and O–H groups in total. The van der Waals surface area contributed by atoms with E-state index in [9.17, 15) is 14.0 Å². The number of halogens is 1. The van der Waals surface area contributed by atoms with E-state index in [4.69, 9.17) is 0 Å². The number of nitrogens with zero attached hydrogens (tertiary/aromatic N) is 2. The van der Waals surface area contributed by atoms with Gasteiger partial charge in [0.2, 0.25) is 5.91 Å². The zero-order valence-corrected chi connectivity index (χ0v) is 21.9. The van der Waals surface area contributed by atoms with Crippen molar-refractivity contribution in [2.75, 3.05) is 24.3 Å². The van der Waals surface area contributed by atoms with Crippen molar-refractivity contribution in [3.8, 4) is 0 Å². The van der Waals surface area contributed by atoms with Crippen molar-refractivity contribution in [2.45, 2.75) is 25.9 Å². The molecule has 6 heteroatoms. The maximum Gasteiger partial charge on any atom is 0.251 e. The van der Waals surface area contributed by atoms with E-state index in [0.717, 1.165) is 22.4 Å². The maximum absolute atomic E-state index is 14.4. The SMILES string of the molecule is Cc1ccccc1CN(C(=O)Cc1ccccc1)C(C(=O)Nc1ccc(N(C)C)cc1)c1cccc(F)c1. The smallest absolute Gasteiger partial charge is 0.251 e. The lowest BCUT2D eigenvalue weighted by atomic mass is 10.00. The van der Waals surface area contributed by atoms with Crippen LogP contribution in [0.3, 0.4) is 0 Å². The Hall–Kier alpha value is -4.45. The summed E-state index contributed by atoms with van der Waals surface area (Å²) in [5.41, 5.74) is 4.74. The molecule has 0 aliphatic carbocycles. The largest absolute Gasteiger partial charge is 0.378 e. The summed E-state index contributed by atoms with van der Waals surface area (Å²) in [6.07, 6.45) is 0.114. The third-order valence-corrected chi connectivity index (χ3v) is 6.50. The number of rotatable bonds is 9. The predicted molar refractivity (Wildman–Crippen MR) is 150 cm³/mol. The Balaban J connectivity index is 1.74. The van der Waals surface area contributed by atoms with Gasteiger partial charge in [-0.2, -0.15) is 0 Å². The van der Waals surface area contributed by atoms with Crippen LogP contribution in [0.15, 0.2) is 103 Å². The zero-order valence-electron chi connectivity index (χ0n) is 21.9. The maximum atomic E-state index is 14.4. The first-order valence-corrected chi connectivity index (χ1v) is 12.5. The van der Waals surface area contributed by atoms with E-state index < -0.39 is 17.8 Å². The molecule has 0 radical (unpaired) electrons. The van der Waals surface area contributed by atoms with Crippen LogP contribution in [0.2, 0.25) is 0 Å². The number of hydrogen-bond acceptors (Lipinski definition) is 3. The first kappa shape index (κ1) is 26.6. The van der Waals surface area contributed by atoms with Crippen molar-refractivity contribution in [1.82, 2.24) is 4.90 Å². The molecule has 0 bridgehead atoms. The lowest BCUT2D eigenvalue weighted by molar-refractivity contribution is -0.139. The standard InChI is InChI=1S/C32H32FN3O2/c1-23-10-7-8-13-26(23)22-36(30(37)20-24-11-5-4-6-12-24)31(25-14-9-15-27(33)21-25)32(38)34-28-16-18-29(19-17-28)35(2)3/h4-19,21,31H,20,22H2,1-3H3,(H,34,38). The molecule has 4 aromatic carbocycles. The van der Waals surface area contributed by atoms with Crippen LogP contribution in [0.4, 0.5) is 15.8 Å². The van der Waals surface area contributed by atoms with Gasteiger partial charge in [-0.3, -0.25) is 9.59 Å². The van der Waals surface area contributed by atoms with Crippen LogP contribution in [0, 0.1) is 12.7 Å². The topological polar surface area (TPSA) is 52.7 Å². The molecule has 0 aliphatic rings. The number of hydrogen-bond donors (Lipinski definition) is 1. The summed E-state index contributed by atoms with van der Waals surface area (Å²) in [5.74, 6) is -1.11. The van der Waals surface area contributed by atoms with Crippen LogP contribution in [0.25, 0.3) is 0 Å². The number of carbonyl (C=O) groups excluding carboxylic acids is 2. The van der Waals surface area contributed by atoms with Gasteiger partial charge in [-0.1, -0.05) is 66.7 Å². The molecule has 0 aromatic heterocycles. The van der Waals surface area contributed by atoms with Gasteiger partial charge >= 0.3 is 0 Å². The second-order valence-electron chi connectivity index (χ2n) is 9.50. The summed E-state index contributed by atoms with van der Waals surface area (Å²) >= 11 is 0. The first-order chi connectivity index (χ1) is 18.3. The summed E-state index contributed by atoms with van der Waals surface area (Å²) < 4.78 is 14.4. The molecule has 1 atom stereocenters. The molecule has 4 rings (SSSR count). The van der Waals surface area contributed by atoms with Crippen LogP contribution >= 0.6 is 0 Å². The number of amides is 2. The Kier molecular flexibility index (Phi) is 8.54. The summed E-state index contributed by atoms with van der Waals surface area (Å²) in [6, 6.07) is 29.4. The van der Waals surface area contributed by atoms with Gasteiger partial charge in [-0.05, 0) is 65.6 Å². The third-order valence-electron chi connectivity index (χ3n) is 6.50. The van der Waals surface area contributed by atoms with Gasteiger partial charge in [-0.15, -0.1) is 0 Å². The summed E-state index contributed by atoms with van der Waals surface area (Å²) in [6.45, 7) is 2.17. The van der Waals surface area contributed by atoms with Crippen molar-refractivity contribution in [1.29, 1.82) is 0 Å². The monoisotopic (exact) mass is 509 g/mol. The third kappa shape index (κ3) is 6.65. The average Bonchev–Trinajstić information content (AvgIpc) is 2.90. The van der Waals surface area contributed by atoms with Crippen molar-refractivity contribution in [3.05, 3.63) is 131 Å². The molecule has 0 fully saturated rings. The fraction of sp³-hybridized carbons (Fsp3) is 0.188. The summed E-state index contributed by atoms with van der Waals surface area (Å²) in [7, 11) is 3.88. The summed E-state index contributed by atoms with van der Waals surface area (Å²) in [4.78, 5) is 31.2. The second-order valence-corrected chi connectivity index (χ2v) is 9.50. The van der Waals surface area contributed by atoms with Crippen LogP contribution in [-0.4, -0.2) is 30.8 Å². The van der Waals surface area contributed by atoms with E-state index in [2.05, 4.69) is 5.32 Å². The van der Waals surface area contributed by atoms with E-state index in [1.807, 2.05) is 105 Å². The number of carbonyl (C=O) groups is 2. The zero-order chi connectivity index (χ0) is 27.1. The molecule has 2 amide bonds. The molecular weight excluding hydrogens is 477 g/mol. The molecular formula is C32H32FN3O2. The van der Waals surface area contributed by atoms with Crippen LogP contribution in [0.1, 0.15) is 28.3 Å². The molecule has 1 unspecified atom stereocenters. The van der Waals surface area contributed by atoms with E-state index in [-0.39, 0.29) is 18.9 Å². The fourth-order valence-corrected chi connectivity index (χ4v) is 4.37. The highest BCUT2D eigenvalue weighted by atomic mass is 19.1. The number of aryl methyl sites for hydroxylation is 1.